The normalized spacial score (nSPS) is 14.8. The molecule has 4 heterocycles. The fourth-order valence-electron chi connectivity index (χ4n) is 4.99. The highest BCUT2D eigenvalue weighted by atomic mass is 19.1. The minimum atomic E-state index is -0.509. The molecular formula is C28H31FN6O2. The van der Waals surface area contributed by atoms with E-state index in [0.29, 0.717) is 12.5 Å². The molecule has 0 unspecified atom stereocenters. The number of amides is 1. The minimum absolute atomic E-state index is 0.0740. The van der Waals surface area contributed by atoms with Gasteiger partial charge in [0.2, 0.25) is 5.91 Å². The Kier molecular flexibility index (Phi) is 6.64. The maximum atomic E-state index is 14.2. The Labute approximate surface area is 215 Å². The maximum Gasteiger partial charge on any atom is 0.236 e. The van der Waals surface area contributed by atoms with Gasteiger partial charge in [-0.2, -0.15) is 5.10 Å². The first-order valence-corrected chi connectivity index (χ1v) is 12.5. The zero-order valence-electron chi connectivity index (χ0n) is 21.6. The van der Waals surface area contributed by atoms with Crippen molar-refractivity contribution in [2.45, 2.75) is 32.6 Å². The van der Waals surface area contributed by atoms with E-state index < -0.39 is 5.82 Å². The molecule has 0 aliphatic carbocycles. The fourth-order valence-corrected chi connectivity index (χ4v) is 4.99. The highest BCUT2D eigenvalue weighted by Crippen LogP contribution is 2.30. The number of benzene rings is 1. The van der Waals surface area contributed by atoms with Gasteiger partial charge in [0.25, 0.3) is 0 Å². The SMILES string of the molecule is CC(=O)c1cc(-c2cnn(-c3cnc4ccc(C5CCN(CC(=O)N(C)C)CC5)cn34)c2)c(C)cc1F. The molecule has 5 rings (SSSR count). The average Bonchev–Trinajstić information content (AvgIpc) is 3.51. The van der Waals surface area contributed by atoms with Crippen LogP contribution in [-0.2, 0) is 4.79 Å². The van der Waals surface area contributed by atoms with Gasteiger partial charge in [0, 0.05) is 32.1 Å². The molecule has 0 saturated carbocycles. The topological polar surface area (TPSA) is 75.7 Å². The van der Waals surface area contributed by atoms with Crippen LogP contribution in [0.25, 0.3) is 22.6 Å². The van der Waals surface area contributed by atoms with E-state index in [1.54, 1.807) is 42.1 Å². The Hall–Kier alpha value is -3.85. The van der Waals surface area contributed by atoms with Crippen LogP contribution < -0.4 is 0 Å². The van der Waals surface area contributed by atoms with Crippen LogP contribution in [-0.4, -0.2) is 74.4 Å². The zero-order valence-corrected chi connectivity index (χ0v) is 21.6. The maximum absolute atomic E-state index is 14.2. The van der Waals surface area contributed by atoms with Crippen LogP contribution >= 0.6 is 0 Å². The number of ketones is 1. The highest BCUT2D eigenvalue weighted by molar-refractivity contribution is 5.96. The molecule has 9 heteroatoms. The van der Waals surface area contributed by atoms with Crippen molar-refractivity contribution in [3.63, 3.8) is 0 Å². The molecule has 1 aliphatic heterocycles. The summed E-state index contributed by atoms with van der Waals surface area (Å²) in [6.45, 7) is 5.43. The number of likely N-dealkylation sites (N-methyl/N-ethyl adjacent to an activating group) is 1. The Morgan fingerprint density at radius 1 is 1.11 bits per heavy atom. The number of pyridine rings is 1. The lowest BCUT2D eigenvalue weighted by atomic mass is 9.90. The number of piperidine rings is 1. The number of rotatable bonds is 6. The standard InChI is InChI=1S/C28H31FN6O2/c1-18-11-25(29)24(19(2)36)12-23(18)22-13-31-35(16-22)27-14-30-26-6-5-21(15-34(26)27)20-7-9-33(10-8-20)17-28(37)32(3)4/h5-6,11-16,20H,7-10,17H2,1-4H3. The van der Waals surface area contributed by atoms with E-state index in [1.807, 2.05) is 23.6 Å². The highest BCUT2D eigenvalue weighted by Gasteiger charge is 2.23. The summed E-state index contributed by atoms with van der Waals surface area (Å²) in [6.07, 6.45) is 9.48. The molecule has 1 aromatic carbocycles. The van der Waals surface area contributed by atoms with Gasteiger partial charge in [-0.25, -0.2) is 14.1 Å². The smallest absolute Gasteiger partial charge is 0.236 e. The predicted octanol–water partition coefficient (Wildman–Crippen LogP) is 4.10. The second kappa shape index (κ2) is 9.89. The van der Waals surface area contributed by atoms with E-state index >= 15 is 0 Å². The number of carbonyl (C=O) groups is 2. The van der Waals surface area contributed by atoms with E-state index in [1.165, 1.54) is 18.6 Å². The molecule has 4 aromatic rings. The number of nitrogens with zero attached hydrogens (tertiary/aromatic N) is 6. The van der Waals surface area contributed by atoms with Crippen molar-refractivity contribution in [2.75, 3.05) is 33.7 Å². The number of imidazole rings is 1. The van der Waals surface area contributed by atoms with Crippen LogP contribution in [0.1, 0.15) is 47.2 Å². The quantitative estimate of drug-likeness (QED) is 0.371. The Balaban J connectivity index is 1.39. The van der Waals surface area contributed by atoms with Crippen molar-refractivity contribution in [3.05, 3.63) is 71.6 Å². The first kappa shape index (κ1) is 24.8. The van der Waals surface area contributed by atoms with Crippen LogP contribution in [0.2, 0.25) is 0 Å². The van der Waals surface area contributed by atoms with Crippen molar-refractivity contribution in [1.29, 1.82) is 0 Å². The summed E-state index contributed by atoms with van der Waals surface area (Å²) in [5, 5.41) is 4.55. The molecule has 0 radical (unpaired) electrons. The third-order valence-electron chi connectivity index (χ3n) is 7.25. The van der Waals surface area contributed by atoms with Crippen LogP contribution in [0.15, 0.2) is 49.1 Å². The van der Waals surface area contributed by atoms with Crippen LogP contribution in [0, 0.1) is 12.7 Å². The third-order valence-corrected chi connectivity index (χ3v) is 7.25. The fraction of sp³-hybridized carbons (Fsp3) is 0.357. The van der Waals surface area contributed by atoms with E-state index in [9.17, 15) is 14.0 Å². The lowest BCUT2D eigenvalue weighted by Gasteiger charge is -2.32. The summed E-state index contributed by atoms with van der Waals surface area (Å²) in [4.78, 5) is 32.3. The second-order valence-corrected chi connectivity index (χ2v) is 10.0. The van der Waals surface area contributed by atoms with Crippen molar-refractivity contribution < 1.29 is 14.0 Å². The van der Waals surface area contributed by atoms with E-state index in [4.69, 9.17) is 0 Å². The first-order chi connectivity index (χ1) is 17.7. The number of aromatic nitrogens is 4. The molecular weight excluding hydrogens is 471 g/mol. The van der Waals surface area contributed by atoms with Crippen LogP contribution in [0.4, 0.5) is 4.39 Å². The van der Waals surface area contributed by atoms with Crippen LogP contribution in [0.3, 0.4) is 0 Å². The monoisotopic (exact) mass is 502 g/mol. The van der Waals surface area contributed by atoms with Crippen molar-refractivity contribution in [2.24, 2.45) is 0 Å². The summed E-state index contributed by atoms with van der Waals surface area (Å²) in [7, 11) is 3.58. The predicted molar refractivity (Wildman–Crippen MR) is 140 cm³/mol. The third kappa shape index (κ3) is 4.91. The average molecular weight is 503 g/mol. The molecule has 0 bridgehead atoms. The molecule has 8 nitrogen and oxygen atoms in total. The number of fused-ring (bicyclic) bond motifs is 1. The molecule has 1 saturated heterocycles. The lowest BCUT2D eigenvalue weighted by molar-refractivity contribution is -0.130. The number of hydrogen-bond donors (Lipinski definition) is 0. The van der Waals surface area contributed by atoms with Gasteiger partial charge in [-0.05, 0) is 80.6 Å². The molecule has 0 atom stereocenters. The first-order valence-electron chi connectivity index (χ1n) is 12.5. The molecule has 192 valence electrons. The van der Waals surface area contributed by atoms with Gasteiger partial charge in [0.1, 0.15) is 11.5 Å². The summed E-state index contributed by atoms with van der Waals surface area (Å²) in [6, 6.07) is 7.15. The van der Waals surface area contributed by atoms with Crippen molar-refractivity contribution >= 4 is 17.3 Å². The molecule has 1 aliphatic rings. The zero-order chi connectivity index (χ0) is 26.3. The lowest BCUT2D eigenvalue weighted by Crippen LogP contribution is -2.40. The van der Waals surface area contributed by atoms with E-state index in [2.05, 4.69) is 27.2 Å². The van der Waals surface area contributed by atoms with Crippen molar-refractivity contribution in [3.8, 4) is 16.9 Å². The van der Waals surface area contributed by atoms with Gasteiger partial charge in [0.05, 0.1) is 24.5 Å². The van der Waals surface area contributed by atoms with Gasteiger partial charge >= 0.3 is 0 Å². The minimum Gasteiger partial charge on any atom is -0.348 e. The molecule has 3 aromatic heterocycles. The largest absolute Gasteiger partial charge is 0.348 e. The number of likely N-dealkylation sites (tertiary alicyclic amines) is 1. The number of aryl methyl sites for hydroxylation is 1. The van der Waals surface area contributed by atoms with Gasteiger partial charge in [-0.3, -0.25) is 18.9 Å². The number of hydrogen-bond acceptors (Lipinski definition) is 5. The van der Waals surface area contributed by atoms with Gasteiger partial charge in [-0.15, -0.1) is 0 Å². The Morgan fingerprint density at radius 2 is 1.86 bits per heavy atom. The van der Waals surface area contributed by atoms with Gasteiger partial charge < -0.3 is 4.90 Å². The van der Waals surface area contributed by atoms with Gasteiger partial charge in [0.15, 0.2) is 11.6 Å². The Morgan fingerprint density at radius 3 is 2.57 bits per heavy atom. The Bertz CT molecular complexity index is 1480. The number of halogens is 1. The summed E-state index contributed by atoms with van der Waals surface area (Å²) in [5.74, 6) is 0.519. The number of carbonyl (C=O) groups excluding carboxylic acids is 2. The summed E-state index contributed by atoms with van der Waals surface area (Å²) >= 11 is 0. The number of Topliss-reactive ketones (excluding diaryl/α,β-unsaturated/α-hetero) is 1. The van der Waals surface area contributed by atoms with Crippen molar-refractivity contribution in [1.82, 2.24) is 29.0 Å². The molecule has 1 amide bonds. The van der Waals surface area contributed by atoms with E-state index in [0.717, 1.165) is 54.1 Å². The van der Waals surface area contributed by atoms with Gasteiger partial charge in [-0.1, -0.05) is 6.07 Å². The molecule has 1 fully saturated rings. The second-order valence-electron chi connectivity index (χ2n) is 10.0. The summed E-state index contributed by atoms with van der Waals surface area (Å²) < 4.78 is 18.0. The molecule has 0 spiro atoms. The summed E-state index contributed by atoms with van der Waals surface area (Å²) in [5.41, 5.74) is 4.43. The molecule has 0 N–H and O–H groups in total. The van der Waals surface area contributed by atoms with E-state index in [-0.39, 0.29) is 17.3 Å². The molecule has 37 heavy (non-hydrogen) atoms. The van der Waals surface area contributed by atoms with Crippen LogP contribution in [0.5, 0.6) is 0 Å².